The van der Waals surface area contributed by atoms with Crippen LogP contribution in [0.15, 0.2) is 42.5 Å². The predicted octanol–water partition coefficient (Wildman–Crippen LogP) is 5.15. The van der Waals surface area contributed by atoms with Gasteiger partial charge in [0, 0.05) is 23.7 Å². The van der Waals surface area contributed by atoms with E-state index in [0.717, 1.165) is 26.3 Å². The van der Waals surface area contributed by atoms with Gasteiger partial charge in [-0.05, 0) is 62.1 Å². The molecule has 0 spiro atoms. The summed E-state index contributed by atoms with van der Waals surface area (Å²) in [5.74, 6) is 0.578. The highest BCUT2D eigenvalue weighted by molar-refractivity contribution is 5.48. The van der Waals surface area contributed by atoms with E-state index in [4.69, 9.17) is 9.47 Å². The lowest BCUT2D eigenvalue weighted by Crippen LogP contribution is -2.46. The van der Waals surface area contributed by atoms with E-state index in [1.807, 2.05) is 25.1 Å². The molecule has 2 N–H and O–H groups in total. The van der Waals surface area contributed by atoms with Crippen LogP contribution in [-0.4, -0.2) is 25.9 Å². The average molecular weight is 435 g/mol. The van der Waals surface area contributed by atoms with Crippen molar-refractivity contribution in [1.82, 2.24) is 10.6 Å². The Morgan fingerprint density at radius 3 is 2.65 bits per heavy atom. The SMILES string of the molecule is COc1cc2c(cc1C(C)N[C@H]1CCCN[C@H]1c1ccccc1)C(C)(C(F)(F)F)OC2. The van der Waals surface area contributed by atoms with Gasteiger partial charge in [0.1, 0.15) is 5.75 Å². The Balaban J connectivity index is 1.64. The second-order valence-electron chi connectivity index (χ2n) is 8.55. The lowest BCUT2D eigenvalue weighted by Gasteiger charge is -2.36. The van der Waals surface area contributed by atoms with E-state index in [-0.39, 0.29) is 30.3 Å². The molecule has 4 rings (SSSR count). The first-order valence-electron chi connectivity index (χ1n) is 10.7. The monoisotopic (exact) mass is 434 g/mol. The molecule has 2 aromatic carbocycles. The first-order valence-corrected chi connectivity index (χ1v) is 10.7. The smallest absolute Gasteiger partial charge is 0.421 e. The number of hydrogen-bond donors (Lipinski definition) is 2. The molecule has 0 bridgehead atoms. The number of hydrogen-bond acceptors (Lipinski definition) is 4. The summed E-state index contributed by atoms with van der Waals surface area (Å²) in [6.45, 7) is 3.94. The van der Waals surface area contributed by atoms with Crippen molar-refractivity contribution in [3.63, 3.8) is 0 Å². The number of methoxy groups -OCH3 is 1. The molecule has 2 unspecified atom stereocenters. The van der Waals surface area contributed by atoms with Crippen LogP contribution < -0.4 is 15.4 Å². The second-order valence-corrected chi connectivity index (χ2v) is 8.55. The molecule has 31 heavy (non-hydrogen) atoms. The van der Waals surface area contributed by atoms with E-state index in [9.17, 15) is 13.2 Å². The summed E-state index contributed by atoms with van der Waals surface area (Å²) in [6, 6.07) is 13.6. The summed E-state index contributed by atoms with van der Waals surface area (Å²) in [5, 5.41) is 7.23. The predicted molar refractivity (Wildman–Crippen MR) is 113 cm³/mol. The van der Waals surface area contributed by atoms with Crippen LogP contribution >= 0.6 is 0 Å². The second kappa shape index (κ2) is 8.45. The van der Waals surface area contributed by atoms with Gasteiger partial charge >= 0.3 is 6.18 Å². The summed E-state index contributed by atoms with van der Waals surface area (Å²) < 4.78 is 52.1. The molecule has 168 valence electrons. The van der Waals surface area contributed by atoms with E-state index < -0.39 is 11.8 Å². The van der Waals surface area contributed by atoms with Gasteiger partial charge in [0.05, 0.1) is 13.7 Å². The van der Waals surface area contributed by atoms with Gasteiger partial charge in [-0.25, -0.2) is 0 Å². The van der Waals surface area contributed by atoms with Gasteiger partial charge in [-0.3, -0.25) is 0 Å². The largest absolute Gasteiger partial charge is 0.496 e. The van der Waals surface area contributed by atoms with E-state index >= 15 is 0 Å². The van der Waals surface area contributed by atoms with Gasteiger partial charge in [-0.1, -0.05) is 30.3 Å². The number of rotatable bonds is 5. The maximum Gasteiger partial charge on any atom is 0.421 e. The van der Waals surface area contributed by atoms with Gasteiger partial charge in [0.15, 0.2) is 5.60 Å². The molecule has 1 saturated heterocycles. The van der Waals surface area contributed by atoms with Crippen molar-refractivity contribution in [2.45, 2.75) is 63.2 Å². The van der Waals surface area contributed by atoms with Gasteiger partial charge in [0.25, 0.3) is 0 Å². The lowest BCUT2D eigenvalue weighted by molar-refractivity contribution is -0.272. The fourth-order valence-corrected chi connectivity index (χ4v) is 4.74. The van der Waals surface area contributed by atoms with Crippen LogP contribution in [0.5, 0.6) is 5.75 Å². The summed E-state index contributed by atoms with van der Waals surface area (Å²) >= 11 is 0. The molecule has 0 aliphatic carbocycles. The number of benzene rings is 2. The molecular weight excluding hydrogens is 405 g/mol. The molecule has 0 saturated carbocycles. The van der Waals surface area contributed by atoms with Crippen molar-refractivity contribution in [1.29, 1.82) is 0 Å². The summed E-state index contributed by atoms with van der Waals surface area (Å²) in [6.07, 6.45) is -2.48. The van der Waals surface area contributed by atoms with Gasteiger partial charge in [-0.15, -0.1) is 0 Å². The fourth-order valence-electron chi connectivity index (χ4n) is 4.74. The Hall–Kier alpha value is -2.09. The lowest BCUT2D eigenvalue weighted by atomic mass is 9.88. The number of alkyl halides is 3. The van der Waals surface area contributed by atoms with Gasteiger partial charge in [-0.2, -0.15) is 13.2 Å². The standard InChI is InChI=1S/C24H29F3N2O2/c1-15(29-20-10-7-11-28-22(20)16-8-5-4-6-9-16)18-13-19-17(12-21(18)30-3)14-31-23(19,2)24(25,26)27/h4-6,8-9,12-13,15,20,22,28-29H,7,10-11,14H2,1-3H3/t15?,20-,22-,23?/m0/s1. The van der Waals surface area contributed by atoms with E-state index in [1.54, 1.807) is 19.2 Å². The number of halogens is 3. The van der Waals surface area contributed by atoms with Crippen molar-refractivity contribution in [2.24, 2.45) is 0 Å². The third-order valence-corrected chi connectivity index (χ3v) is 6.57. The normalized spacial score (nSPS) is 27.0. The topological polar surface area (TPSA) is 42.5 Å². The molecule has 0 radical (unpaired) electrons. The van der Waals surface area contributed by atoms with Crippen molar-refractivity contribution < 1.29 is 22.6 Å². The van der Waals surface area contributed by atoms with E-state index in [1.165, 1.54) is 5.56 Å². The molecule has 1 fully saturated rings. The molecular formula is C24H29F3N2O2. The Kier molecular flexibility index (Phi) is 6.03. The molecule has 4 atom stereocenters. The summed E-state index contributed by atoms with van der Waals surface area (Å²) in [4.78, 5) is 0. The molecule has 0 aromatic heterocycles. The third kappa shape index (κ3) is 4.06. The quantitative estimate of drug-likeness (QED) is 0.683. The molecule has 2 aliphatic rings. The molecule has 0 amide bonds. The van der Waals surface area contributed by atoms with Crippen molar-refractivity contribution in [3.8, 4) is 5.75 Å². The Morgan fingerprint density at radius 1 is 1.23 bits per heavy atom. The third-order valence-electron chi connectivity index (χ3n) is 6.57. The van der Waals surface area contributed by atoms with Crippen LogP contribution in [0.25, 0.3) is 0 Å². The van der Waals surface area contributed by atoms with Crippen molar-refractivity contribution >= 4 is 0 Å². The maximum atomic E-state index is 13.8. The molecule has 4 nitrogen and oxygen atoms in total. The molecule has 7 heteroatoms. The summed E-state index contributed by atoms with van der Waals surface area (Å²) in [5.41, 5.74) is 0.299. The first kappa shape index (κ1) is 22.1. The van der Waals surface area contributed by atoms with Crippen LogP contribution in [-0.2, 0) is 16.9 Å². The first-order chi connectivity index (χ1) is 14.7. The number of piperidine rings is 1. The number of nitrogens with one attached hydrogen (secondary N) is 2. The zero-order chi connectivity index (χ0) is 22.2. The maximum absolute atomic E-state index is 13.8. The minimum atomic E-state index is -4.49. The van der Waals surface area contributed by atoms with Crippen molar-refractivity contribution in [2.75, 3.05) is 13.7 Å². The van der Waals surface area contributed by atoms with Crippen LogP contribution in [0.3, 0.4) is 0 Å². The van der Waals surface area contributed by atoms with Crippen molar-refractivity contribution in [3.05, 3.63) is 64.7 Å². The van der Waals surface area contributed by atoms with Crippen LogP contribution in [0.2, 0.25) is 0 Å². The highest BCUT2D eigenvalue weighted by Gasteiger charge is 2.57. The molecule has 2 heterocycles. The zero-order valence-electron chi connectivity index (χ0n) is 18.1. The van der Waals surface area contributed by atoms with Gasteiger partial charge in [0.2, 0.25) is 0 Å². The Labute approximate surface area is 181 Å². The highest BCUT2D eigenvalue weighted by atomic mass is 19.4. The average Bonchev–Trinajstić information content (AvgIpc) is 3.11. The minimum absolute atomic E-state index is 0.0770. The minimum Gasteiger partial charge on any atom is -0.496 e. The Morgan fingerprint density at radius 2 is 1.97 bits per heavy atom. The van der Waals surface area contributed by atoms with E-state index in [0.29, 0.717) is 16.9 Å². The molecule has 2 aliphatic heterocycles. The van der Waals surface area contributed by atoms with Crippen LogP contribution in [0.4, 0.5) is 13.2 Å². The fraction of sp³-hybridized carbons (Fsp3) is 0.500. The summed E-state index contributed by atoms with van der Waals surface area (Å²) in [7, 11) is 1.55. The van der Waals surface area contributed by atoms with Gasteiger partial charge < -0.3 is 20.1 Å². The number of fused-ring (bicyclic) bond motifs is 1. The van der Waals surface area contributed by atoms with Crippen LogP contribution in [0.1, 0.15) is 61.0 Å². The zero-order valence-corrected chi connectivity index (χ0v) is 18.1. The molecule has 2 aromatic rings. The van der Waals surface area contributed by atoms with E-state index in [2.05, 4.69) is 22.8 Å². The number of ether oxygens (including phenoxy) is 2. The highest BCUT2D eigenvalue weighted by Crippen LogP contribution is 2.49. The van der Waals surface area contributed by atoms with Crippen LogP contribution in [0, 0.1) is 0 Å². The Bertz CT molecular complexity index is 919.